The van der Waals surface area contributed by atoms with Gasteiger partial charge in [-0.1, -0.05) is 27.2 Å². The van der Waals surface area contributed by atoms with Gasteiger partial charge in [0.25, 0.3) is 0 Å². The molecule has 2 nitrogen and oxygen atoms in total. The topological polar surface area (TPSA) is 15.3 Å². The van der Waals surface area contributed by atoms with Gasteiger partial charge >= 0.3 is 0 Å². The Morgan fingerprint density at radius 3 is 2.06 bits per heavy atom. The van der Waals surface area contributed by atoms with Crippen LogP contribution in [0, 0.1) is 5.41 Å². The van der Waals surface area contributed by atoms with Gasteiger partial charge in [0.1, 0.15) is 0 Å². The van der Waals surface area contributed by atoms with Crippen molar-refractivity contribution in [1.29, 1.82) is 0 Å². The minimum atomic E-state index is 0.339. The van der Waals surface area contributed by atoms with Crippen LogP contribution in [0.5, 0.6) is 0 Å². The summed E-state index contributed by atoms with van der Waals surface area (Å²) in [5.41, 5.74) is 0.339. The van der Waals surface area contributed by atoms with Gasteiger partial charge < -0.3 is 5.32 Å². The smallest absolute Gasteiger partial charge is 0.0240 e. The normalized spacial score (nSPS) is 30.4. The number of nitrogens with zero attached hydrogens (tertiary/aromatic N) is 1. The van der Waals surface area contributed by atoms with Crippen LogP contribution in [-0.2, 0) is 0 Å². The molecular weight excluding hydrogens is 196 g/mol. The molecule has 1 aliphatic heterocycles. The zero-order valence-corrected chi connectivity index (χ0v) is 12.0. The number of likely N-dealkylation sites (N-methyl/N-ethyl adjacent to an activating group) is 1. The lowest BCUT2D eigenvalue weighted by atomic mass is 9.85. The molecule has 1 N–H and O–H groups in total. The Hall–Kier alpha value is -0.0800. The standard InChI is InChI=1S/C14H30N2/c1-11-8-7-9-12(2)16(11)10-13(15-6)14(3,4)5/h11-13,15H,7-10H2,1-6H3/t11-,12+,13?. The lowest BCUT2D eigenvalue weighted by Gasteiger charge is -2.43. The molecule has 16 heavy (non-hydrogen) atoms. The van der Waals surface area contributed by atoms with E-state index in [-0.39, 0.29) is 0 Å². The second-order valence-electron chi connectivity index (χ2n) is 6.53. The third kappa shape index (κ3) is 3.46. The van der Waals surface area contributed by atoms with Crippen LogP contribution in [0.2, 0.25) is 0 Å². The highest BCUT2D eigenvalue weighted by molar-refractivity contribution is 4.87. The van der Waals surface area contributed by atoms with Crippen LogP contribution in [0.4, 0.5) is 0 Å². The van der Waals surface area contributed by atoms with E-state index in [4.69, 9.17) is 0 Å². The SMILES string of the molecule is CNC(CN1[C@H](C)CCC[C@@H]1C)C(C)(C)C. The molecule has 0 saturated carbocycles. The second kappa shape index (κ2) is 5.50. The molecule has 0 bridgehead atoms. The van der Waals surface area contributed by atoms with E-state index < -0.39 is 0 Å². The molecule has 0 aliphatic carbocycles. The number of nitrogens with one attached hydrogen (secondary N) is 1. The molecule has 0 aromatic rings. The fourth-order valence-corrected chi connectivity index (χ4v) is 2.84. The highest BCUT2D eigenvalue weighted by atomic mass is 15.2. The Morgan fingerprint density at radius 1 is 1.19 bits per heavy atom. The first-order valence-electron chi connectivity index (χ1n) is 6.79. The van der Waals surface area contributed by atoms with Crippen LogP contribution in [0.3, 0.4) is 0 Å². The fourth-order valence-electron chi connectivity index (χ4n) is 2.84. The Kier molecular flexibility index (Phi) is 4.81. The Morgan fingerprint density at radius 2 is 1.69 bits per heavy atom. The minimum absolute atomic E-state index is 0.339. The number of hydrogen-bond donors (Lipinski definition) is 1. The van der Waals surface area contributed by atoms with Gasteiger partial charge in [-0.3, -0.25) is 4.90 Å². The molecule has 2 heteroatoms. The first-order chi connectivity index (χ1) is 7.36. The van der Waals surface area contributed by atoms with Crippen molar-refractivity contribution >= 4 is 0 Å². The molecule has 3 atom stereocenters. The van der Waals surface area contributed by atoms with E-state index in [2.05, 4.69) is 51.9 Å². The molecule has 1 fully saturated rings. The largest absolute Gasteiger partial charge is 0.315 e. The summed E-state index contributed by atoms with van der Waals surface area (Å²) in [5.74, 6) is 0. The quantitative estimate of drug-likeness (QED) is 0.796. The molecule has 1 heterocycles. The average molecular weight is 226 g/mol. The van der Waals surface area contributed by atoms with Crippen LogP contribution in [-0.4, -0.2) is 36.6 Å². The number of piperidine rings is 1. The third-order valence-electron chi connectivity index (χ3n) is 4.16. The molecule has 0 aromatic heterocycles. The Balaban J connectivity index is 2.62. The lowest BCUT2D eigenvalue weighted by Crippen LogP contribution is -2.53. The molecule has 0 aromatic carbocycles. The van der Waals surface area contributed by atoms with Crippen molar-refractivity contribution in [2.75, 3.05) is 13.6 Å². The van der Waals surface area contributed by atoms with Crippen LogP contribution in [0.1, 0.15) is 53.9 Å². The first kappa shape index (κ1) is 14.0. The van der Waals surface area contributed by atoms with E-state index in [1.165, 1.54) is 25.8 Å². The average Bonchev–Trinajstić information content (AvgIpc) is 2.15. The summed E-state index contributed by atoms with van der Waals surface area (Å²) in [6.45, 7) is 12.9. The summed E-state index contributed by atoms with van der Waals surface area (Å²) < 4.78 is 0. The second-order valence-corrected chi connectivity index (χ2v) is 6.53. The number of rotatable bonds is 3. The Labute approximate surface area is 102 Å². The van der Waals surface area contributed by atoms with Gasteiger partial charge in [-0.15, -0.1) is 0 Å². The molecule has 1 rings (SSSR count). The lowest BCUT2D eigenvalue weighted by molar-refractivity contribution is 0.0715. The molecule has 1 unspecified atom stereocenters. The first-order valence-corrected chi connectivity index (χ1v) is 6.79. The fraction of sp³-hybridized carbons (Fsp3) is 1.00. The van der Waals surface area contributed by atoms with E-state index in [9.17, 15) is 0 Å². The van der Waals surface area contributed by atoms with Gasteiger partial charge in [0.15, 0.2) is 0 Å². The molecule has 0 amide bonds. The molecule has 0 radical (unpaired) electrons. The van der Waals surface area contributed by atoms with Crippen molar-refractivity contribution in [2.45, 2.75) is 72.0 Å². The van der Waals surface area contributed by atoms with Crippen molar-refractivity contribution in [3.63, 3.8) is 0 Å². The van der Waals surface area contributed by atoms with Crippen LogP contribution in [0.15, 0.2) is 0 Å². The predicted octanol–water partition coefficient (Wildman–Crippen LogP) is 2.88. The zero-order chi connectivity index (χ0) is 12.3. The van der Waals surface area contributed by atoms with E-state index in [0.717, 1.165) is 12.1 Å². The van der Waals surface area contributed by atoms with Gasteiger partial charge in [-0.25, -0.2) is 0 Å². The van der Waals surface area contributed by atoms with Crippen molar-refractivity contribution in [1.82, 2.24) is 10.2 Å². The van der Waals surface area contributed by atoms with E-state index in [0.29, 0.717) is 11.5 Å². The Bertz CT molecular complexity index is 197. The molecule has 1 saturated heterocycles. The monoisotopic (exact) mass is 226 g/mol. The summed E-state index contributed by atoms with van der Waals surface area (Å²) in [6.07, 6.45) is 4.13. The van der Waals surface area contributed by atoms with Crippen molar-refractivity contribution < 1.29 is 0 Å². The summed E-state index contributed by atoms with van der Waals surface area (Å²) in [6, 6.07) is 2.08. The van der Waals surface area contributed by atoms with Crippen LogP contribution in [0.25, 0.3) is 0 Å². The molecule has 1 aliphatic rings. The number of hydrogen-bond acceptors (Lipinski definition) is 2. The van der Waals surface area contributed by atoms with Gasteiger partial charge in [-0.2, -0.15) is 0 Å². The maximum Gasteiger partial charge on any atom is 0.0240 e. The third-order valence-corrected chi connectivity index (χ3v) is 4.16. The number of likely N-dealkylation sites (tertiary alicyclic amines) is 1. The molecule has 0 spiro atoms. The maximum atomic E-state index is 3.49. The van der Waals surface area contributed by atoms with Gasteiger partial charge in [0, 0.05) is 24.7 Å². The zero-order valence-electron chi connectivity index (χ0n) is 12.0. The predicted molar refractivity (Wildman–Crippen MR) is 71.8 cm³/mol. The van der Waals surface area contributed by atoms with E-state index in [1.54, 1.807) is 0 Å². The summed E-state index contributed by atoms with van der Waals surface area (Å²) >= 11 is 0. The van der Waals surface area contributed by atoms with E-state index in [1.807, 2.05) is 0 Å². The highest BCUT2D eigenvalue weighted by Gasteiger charge is 2.31. The summed E-state index contributed by atoms with van der Waals surface area (Å²) in [5, 5.41) is 3.49. The van der Waals surface area contributed by atoms with Gasteiger partial charge in [0.2, 0.25) is 0 Å². The van der Waals surface area contributed by atoms with Crippen molar-refractivity contribution in [2.24, 2.45) is 5.41 Å². The minimum Gasteiger partial charge on any atom is -0.315 e. The van der Waals surface area contributed by atoms with Crippen molar-refractivity contribution in [3.05, 3.63) is 0 Å². The highest BCUT2D eigenvalue weighted by Crippen LogP contribution is 2.26. The van der Waals surface area contributed by atoms with Gasteiger partial charge in [0.05, 0.1) is 0 Å². The van der Waals surface area contributed by atoms with Gasteiger partial charge in [-0.05, 0) is 39.2 Å². The maximum absolute atomic E-state index is 3.49. The van der Waals surface area contributed by atoms with Crippen molar-refractivity contribution in [3.8, 4) is 0 Å². The van der Waals surface area contributed by atoms with E-state index >= 15 is 0 Å². The summed E-state index contributed by atoms with van der Waals surface area (Å²) in [4.78, 5) is 2.69. The molecule has 96 valence electrons. The molecular formula is C14H30N2. The van der Waals surface area contributed by atoms with Crippen LogP contribution < -0.4 is 5.32 Å². The summed E-state index contributed by atoms with van der Waals surface area (Å²) in [7, 11) is 2.09. The van der Waals surface area contributed by atoms with Crippen LogP contribution >= 0.6 is 0 Å².